The monoisotopic (exact) mass is 525 g/mol. The van der Waals surface area contributed by atoms with E-state index in [0.717, 1.165) is 22.0 Å². The Morgan fingerprint density at radius 3 is 2.49 bits per heavy atom. The summed E-state index contributed by atoms with van der Waals surface area (Å²) in [4.78, 5) is 10.9. The number of fused-ring (bicyclic) bond motifs is 6. The van der Waals surface area contributed by atoms with Gasteiger partial charge in [-0.15, -0.1) is 0 Å². The van der Waals surface area contributed by atoms with Crippen molar-refractivity contribution in [1.29, 1.82) is 5.26 Å². The van der Waals surface area contributed by atoms with E-state index in [1.165, 1.54) is 4.57 Å². The molecule has 0 saturated carbocycles. The third kappa shape index (κ3) is 3.55. The predicted octanol–water partition coefficient (Wildman–Crippen LogP) is 5.09. The number of aromatic hydroxyl groups is 2. The van der Waals surface area contributed by atoms with Crippen molar-refractivity contribution in [1.82, 2.24) is 14.5 Å². The number of hydrogen-bond donors (Lipinski definition) is 2. The lowest BCUT2D eigenvalue weighted by Gasteiger charge is -2.26. The second-order valence-electron chi connectivity index (χ2n) is 10.9. The van der Waals surface area contributed by atoms with Gasteiger partial charge in [-0.05, 0) is 45.7 Å². The molecule has 200 valence electrons. The molecule has 2 atom stereocenters. The average Bonchev–Trinajstić information content (AvgIpc) is 3.50. The first-order chi connectivity index (χ1) is 18.6. The van der Waals surface area contributed by atoms with E-state index in [0.29, 0.717) is 60.1 Å². The Balaban J connectivity index is 1.39. The maximum Gasteiger partial charge on any atom is 0.228 e. The zero-order valence-electron chi connectivity index (χ0n) is 22.7. The lowest BCUT2D eigenvalue weighted by molar-refractivity contribution is -0.0877. The Kier molecular flexibility index (Phi) is 5.52. The number of rotatable bonds is 6. The Bertz CT molecular complexity index is 1690. The second kappa shape index (κ2) is 8.61. The fourth-order valence-electron chi connectivity index (χ4n) is 6.15. The molecular formula is C30H31N5O4. The van der Waals surface area contributed by atoms with Crippen molar-refractivity contribution in [3.63, 3.8) is 0 Å². The van der Waals surface area contributed by atoms with Gasteiger partial charge in [-0.3, -0.25) is 4.57 Å². The molecule has 2 aromatic carbocycles. The van der Waals surface area contributed by atoms with Crippen LogP contribution in [0.25, 0.3) is 16.5 Å². The molecule has 2 aliphatic rings. The number of aryl methyl sites for hydroxylation is 1. The van der Waals surface area contributed by atoms with Gasteiger partial charge < -0.3 is 24.6 Å². The molecule has 0 unspecified atom stereocenters. The highest BCUT2D eigenvalue weighted by atomic mass is 16.5. The van der Waals surface area contributed by atoms with Gasteiger partial charge in [0.2, 0.25) is 23.6 Å². The molecule has 4 heterocycles. The Morgan fingerprint density at radius 2 is 1.77 bits per heavy atom. The van der Waals surface area contributed by atoms with Crippen molar-refractivity contribution in [3.8, 4) is 29.4 Å². The number of ether oxygens (including phenoxy) is 2. The normalized spacial score (nSPS) is 21.2. The molecule has 2 bridgehead atoms. The van der Waals surface area contributed by atoms with Crippen LogP contribution in [0.3, 0.4) is 0 Å². The van der Waals surface area contributed by atoms with Gasteiger partial charge in [0.25, 0.3) is 0 Å². The van der Waals surface area contributed by atoms with E-state index < -0.39 is 11.2 Å². The summed E-state index contributed by atoms with van der Waals surface area (Å²) in [6.07, 6.45) is 1.87. The Hall–Kier alpha value is -4.29. The molecule has 2 N–H and O–H groups in total. The first-order valence-electron chi connectivity index (χ1n) is 13.1. The number of nitrogens with zero attached hydrogens (tertiary/aromatic N) is 5. The quantitative estimate of drug-likeness (QED) is 0.358. The minimum Gasteiger partial charge on any atom is -0.494 e. The molecule has 2 aromatic heterocycles. The van der Waals surface area contributed by atoms with E-state index in [4.69, 9.17) is 9.47 Å². The second-order valence-corrected chi connectivity index (χ2v) is 10.9. The molecule has 1 fully saturated rings. The summed E-state index contributed by atoms with van der Waals surface area (Å²) in [6, 6.07) is 13.2. The van der Waals surface area contributed by atoms with E-state index in [9.17, 15) is 15.5 Å². The summed E-state index contributed by atoms with van der Waals surface area (Å²) in [7, 11) is 3.77. The van der Waals surface area contributed by atoms with Gasteiger partial charge in [-0.1, -0.05) is 24.3 Å². The highest BCUT2D eigenvalue weighted by Crippen LogP contribution is 2.65. The van der Waals surface area contributed by atoms with Crippen LogP contribution in [0.5, 0.6) is 17.6 Å². The van der Waals surface area contributed by atoms with Crippen LogP contribution >= 0.6 is 0 Å². The summed E-state index contributed by atoms with van der Waals surface area (Å²) >= 11 is 0. The molecule has 39 heavy (non-hydrogen) atoms. The van der Waals surface area contributed by atoms with E-state index in [1.54, 1.807) is 12.1 Å². The van der Waals surface area contributed by atoms with E-state index in [1.807, 2.05) is 64.0 Å². The zero-order chi connectivity index (χ0) is 27.7. The molecule has 0 amide bonds. The van der Waals surface area contributed by atoms with Gasteiger partial charge in [0.1, 0.15) is 5.60 Å². The largest absolute Gasteiger partial charge is 0.494 e. The maximum atomic E-state index is 11.7. The van der Waals surface area contributed by atoms with Gasteiger partial charge in [-0.25, -0.2) is 4.98 Å². The van der Waals surface area contributed by atoms with Crippen molar-refractivity contribution in [2.24, 2.45) is 0 Å². The summed E-state index contributed by atoms with van der Waals surface area (Å²) in [5.74, 6) is 1.01. The molecule has 6 rings (SSSR count). The van der Waals surface area contributed by atoms with E-state index in [2.05, 4.69) is 16.0 Å². The Morgan fingerprint density at radius 1 is 1.05 bits per heavy atom. The lowest BCUT2D eigenvalue weighted by atomic mass is 9.78. The van der Waals surface area contributed by atoms with Gasteiger partial charge in [0.15, 0.2) is 0 Å². The third-order valence-corrected chi connectivity index (χ3v) is 8.27. The van der Waals surface area contributed by atoms with Crippen LogP contribution in [-0.2, 0) is 15.9 Å². The zero-order valence-corrected chi connectivity index (χ0v) is 22.7. The smallest absolute Gasteiger partial charge is 0.228 e. The SMILES string of the molecule is Cc1nc(N(C)C)nc(OCC[C@]23CC[C@](C)(O2)c2c3c(O)n(-c3ccc(C#N)c4ccccc34)c2O)c1C. The number of aromatic nitrogens is 3. The molecule has 2 aliphatic heterocycles. The fourth-order valence-corrected chi connectivity index (χ4v) is 6.15. The van der Waals surface area contributed by atoms with E-state index >= 15 is 0 Å². The molecule has 0 radical (unpaired) electrons. The van der Waals surface area contributed by atoms with E-state index in [-0.39, 0.29) is 11.8 Å². The highest BCUT2D eigenvalue weighted by molar-refractivity contribution is 5.95. The van der Waals surface area contributed by atoms with Crippen molar-refractivity contribution in [2.45, 2.75) is 51.2 Å². The fraction of sp³-hybridized carbons (Fsp3) is 0.367. The first-order valence-corrected chi connectivity index (χ1v) is 13.1. The first kappa shape index (κ1) is 25.0. The van der Waals surface area contributed by atoms with Crippen LogP contribution in [0, 0.1) is 25.2 Å². The van der Waals surface area contributed by atoms with Gasteiger partial charge >= 0.3 is 0 Å². The van der Waals surface area contributed by atoms with Gasteiger partial charge in [0, 0.05) is 42.5 Å². The van der Waals surface area contributed by atoms with Crippen molar-refractivity contribution in [2.75, 3.05) is 25.6 Å². The predicted molar refractivity (Wildman–Crippen MR) is 147 cm³/mol. The molecule has 1 saturated heterocycles. The van der Waals surface area contributed by atoms with Crippen LogP contribution in [0.15, 0.2) is 36.4 Å². The van der Waals surface area contributed by atoms with Crippen molar-refractivity contribution >= 4 is 16.7 Å². The number of benzene rings is 2. The van der Waals surface area contributed by atoms with Crippen LogP contribution in [-0.4, -0.2) is 45.5 Å². The van der Waals surface area contributed by atoms with Crippen molar-refractivity contribution < 1.29 is 19.7 Å². The summed E-state index contributed by atoms with van der Waals surface area (Å²) in [6.45, 7) is 6.14. The Labute approximate surface area is 226 Å². The minimum absolute atomic E-state index is 0.0414. The highest BCUT2D eigenvalue weighted by Gasteiger charge is 2.61. The van der Waals surface area contributed by atoms with Gasteiger partial charge in [-0.2, -0.15) is 10.2 Å². The molecular weight excluding hydrogens is 494 g/mol. The third-order valence-electron chi connectivity index (χ3n) is 8.27. The topological polar surface area (TPSA) is 117 Å². The standard InChI is InChI=1S/C30H31N5O4/c1-17-18(2)32-28(34(4)5)33-25(17)38-15-14-30-13-12-29(3,39-30)23-24(30)27(37)35(26(23)36)22-11-10-19(16-31)20-8-6-7-9-21(20)22/h6-11,36-37H,12-15H2,1-5H3/t29-,30-/m0/s1. The summed E-state index contributed by atoms with van der Waals surface area (Å²) in [5, 5.41) is 34.3. The molecule has 4 aromatic rings. The van der Waals surface area contributed by atoms with Crippen LogP contribution in [0.1, 0.15) is 54.1 Å². The van der Waals surface area contributed by atoms with Crippen LogP contribution in [0.2, 0.25) is 0 Å². The van der Waals surface area contributed by atoms with Crippen LogP contribution in [0.4, 0.5) is 5.95 Å². The van der Waals surface area contributed by atoms with Crippen LogP contribution < -0.4 is 9.64 Å². The average molecular weight is 526 g/mol. The summed E-state index contributed by atoms with van der Waals surface area (Å²) < 4.78 is 14.2. The lowest BCUT2D eigenvalue weighted by Crippen LogP contribution is -2.26. The minimum atomic E-state index is -0.806. The van der Waals surface area contributed by atoms with Gasteiger partial charge in [0.05, 0.1) is 40.7 Å². The molecule has 9 heteroatoms. The number of nitriles is 1. The molecule has 0 aliphatic carbocycles. The summed E-state index contributed by atoms with van der Waals surface area (Å²) in [5.41, 5.74) is 2.55. The molecule has 9 nitrogen and oxygen atoms in total. The number of hydrogen-bond acceptors (Lipinski definition) is 8. The van der Waals surface area contributed by atoms with Crippen molar-refractivity contribution in [3.05, 3.63) is 64.3 Å². The molecule has 0 spiro atoms. The maximum absolute atomic E-state index is 11.7. The number of anilines is 1.